The van der Waals surface area contributed by atoms with Gasteiger partial charge in [-0.15, -0.1) is 0 Å². The Labute approximate surface area is 240 Å². The van der Waals surface area contributed by atoms with Crippen LogP contribution in [0.25, 0.3) is 11.1 Å². The van der Waals surface area contributed by atoms with Gasteiger partial charge in [0.1, 0.15) is 10.7 Å². The predicted molar refractivity (Wildman–Crippen MR) is 143 cm³/mol. The van der Waals surface area contributed by atoms with E-state index in [0.717, 1.165) is 10.5 Å². The number of sulfone groups is 1. The number of alkyl halides is 2. The first kappa shape index (κ1) is 30.0. The molecule has 5 rings (SSSR count). The molecule has 40 heavy (non-hydrogen) atoms. The molecule has 14 heteroatoms. The topological polar surface area (TPSA) is 140 Å². The molecule has 1 saturated heterocycles. The number of aromatic nitrogens is 1. The molecule has 2 N–H and O–H groups in total. The maximum atomic E-state index is 13.4. The van der Waals surface area contributed by atoms with E-state index in [-0.39, 0.29) is 35.2 Å². The van der Waals surface area contributed by atoms with Crippen molar-refractivity contribution in [3.05, 3.63) is 46.7 Å². The molecule has 3 fully saturated rings. The third kappa shape index (κ3) is 6.82. The second-order valence-electron chi connectivity index (χ2n) is 10.2. The van der Waals surface area contributed by atoms with E-state index in [0.29, 0.717) is 36.4 Å². The van der Waals surface area contributed by atoms with Crippen LogP contribution in [0.4, 0.5) is 13.6 Å². The molecule has 1 aromatic carbocycles. The summed E-state index contributed by atoms with van der Waals surface area (Å²) in [5.41, 5.74) is 0.716. The van der Waals surface area contributed by atoms with Gasteiger partial charge in [0.05, 0.1) is 27.8 Å². The van der Waals surface area contributed by atoms with Crippen molar-refractivity contribution in [1.82, 2.24) is 15.2 Å². The molecule has 1 aromatic heterocycles. The van der Waals surface area contributed by atoms with Crippen molar-refractivity contribution in [2.75, 3.05) is 13.1 Å². The maximum Gasteiger partial charge on any atom is 0.405 e. The van der Waals surface area contributed by atoms with Crippen LogP contribution in [0, 0.1) is 17.2 Å². The lowest BCUT2D eigenvalue weighted by Gasteiger charge is -2.20. The van der Waals surface area contributed by atoms with Crippen LogP contribution in [0.2, 0.25) is 10.2 Å². The number of halogens is 4. The van der Waals surface area contributed by atoms with Crippen LogP contribution in [0.5, 0.6) is 0 Å². The molecule has 214 valence electrons. The van der Waals surface area contributed by atoms with Crippen molar-refractivity contribution in [2.45, 2.75) is 60.1 Å². The Morgan fingerprint density at radius 3 is 2.35 bits per heavy atom. The average molecular weight is 615 g/mol. The Balaban J connectivity index is 0.000000350. The minimum absolute atomic E-state index is 0.00359. The molecule has 0 bridgehead atoms. The molecule has 3 aliphatic rings. The number of nitriles is 1. The molecule has 2 saturated carbocycles. The molecule has 2 aromatic rings. The standard InChI is InChI=1S/C21H20Cl2F2N2O3S.C5H6N2O2/c22-17-10-13(14-5-7-26-19(23)11-14)2-4-18(17)31(29,30)16-3-1-15(9-16)20(28)27-8-6-21(24,25)12-27;6-3-5(1-2-5)7-4(8)9/h2,4-5,7,10-11,15-16H,1,3,6,8-9,12H2;7H,1-2H2,(H,8,9)/t15-,16-;/m1./s1. The van der Waals surface area contributed by atoms with E-state index < -0.39 is 45.1 Å². The zero-order valence-electron chi connectivity index (χ0n) is 21.1. The Hall–Kier alpha value is -3.01. The molecule has 2 heterocycles. The quantitative estimate of drug-likeness (QED) is 0.442. The van der Waals surface area contributed by atoms with Gasteiger partial charge in [-0.25, -0.2) is 27.0 Å². The lowest BCUT2D eigenvalue weighted by atomic mass is 10.1. The van der Waals surface area contributed by atoms with Crippen LogP contribution in [-0.2, 0) is 14.6 Å². The Kier molecular flexibility index (Phi) is 8.59. The molecule has 2 atom stereocenters. The molecule has 0 radical (unpaired) electrons. The van der Waals surface area contributed by atoms with Crippen LogP contribution in [0.1, 0.15) is 38.5 Å². The molecular weight excluding hydrogens is 589 g/mol. The minimum atomic E-state index is -3.78. The Morgan fingerprint density at radius 1 is 1.12 bits per heavy atom. The molecule has 0 unspecified atom stereocenters. The van der Waals surface area contributed by atoms with Crippen LogP contribution < -0.4 is 5.32 Å². The van der Waals surface area contributed by atoms with E-state index in [2.05, 4.69) is 10.3 Å². The number of nitrogens with one attached hydrogen (secondary N) is 1. The van der Waals surface area contributed by atoms with Crippen molar-refractivity contribution in [3.63, 3.8) is 0 Å². The van der Waals surface area contributed by atoms with Crippen molar-refractivity contribution in [3.8, 4) is 17.2 Å². The highest BCUT2D eigenvalue weighted by Crippen LogP contribution is 2.39. The zero-order valence-corrected chi connectivity index (χ0v) is 23.4. The first-order valence-electron chi connectivity index (χ1n) is 12.5. The van der Waals surface area contributed by atoms with Crippen LogP contribution in [0.15, 0.2) is 41.4 Å². The number of carbonyl (C=O) groups excluding carboxylic acids is 1. The van der Waals surface area contributed by atoms with Crippen molar-refractivity contribution < 1.29 is 31.9 Å². The van der Waals surface area contributed by atoms with Gasteiger partial charge in [0.15, 0.2) is 9.84 Å². The summed E-state index contributed by atoms with van der Waals surface area (Å²) in [5.74, 6) is -3.81. The van der Waals surface area contributed by atoms with E-state index >= 15 is 0 Å². The number of pyridine rings is 1. The van der Waals surface area contributed by atoms with Gasteiger partial charge in [0, 0.05) is 25.1 Å². The second kappa shape index (κ2) is 11.5. The molecule has 9 nitrogen and oxygen atoms in total. The van der Waals surface area contributed by atoms with Crippen LogP contribution in [-0.4, -0.2) is 65.2 Å². The molecule has 2 amide bonds. The normalized spacial score (nSPS) is 22.5. The molecule has 1 aliphatic heterocycles. The molecular formula is C26H26Cl2F2N4O5S. The fraction of sp³-hybridized carbons (Fsp3) is 0.462. The summed E-state index contributed by atoms with van der Waals surface area (Å²) >= 11 is 12.2. The van der Waals surface area contributed by atoms with Crippen molar-refractivity contribution >= 4 is 45.0 Å². The van der Waals surface area contributed by atoms with Crippen LogP contribution in [0.3, 0.4) is 0 Å². The van der Waals surface area contributed by atoms with Crippen LogP contribution >= 0.6 is 23.2 Å². The largest absolute Gasteiger partial charge is 0.465 e. The number of carbonyl (C=O) groups is 2. The predicted octanol–water partition coefficient (Wildman–Crippen LogP) is 5.18. The number of nitrogens with zero attached hydrogens (tertiary/aromatic N) is 3. The van der Waals surface area contributed by atoms with Gasteiger partial charge in [-0.1, -0.05) is 29.3 Å². The lowest BCUT2D eigenvalue weighted by Crippen LogP contribution is -2.35. The number of hydrogen-bond donors (Lipinski definition) is 2. The highest BCUT2D eigenvalue weighted by Gasteiger charge is 2.46. The average Bonchev–Trinajstić information content (AvgIpc) is 3.29. The monoisotopic (exact) mass is 614 g/mol. The summed E-state index contributed by atoms with van der Waals surface area (Å²) in [6, 6.07) is 9.94. The number of rotatable bonds is 5. The first-order valence-corrected chi connectivity index (χ1v) is 14.8. The third-order valence-electron chi connectivity index (χ3n) is 7.26. The summed E-state index contributed by atoms with van der Waals surface area (Å²) in [5, 5.41) is 18.2. The second-order valence-corrected chi connectivity index (χ2v) is 13.2. The van der Waals surface area contributed by atoms with Gasteiger partial charge in [-0.3, -0.25) is 4.79 Å². The van der Waals surface area contributed by atoms with E-state index in [1.54, 1.807) is 30.5 Å². The Morgan fingerprint density at radius 2 is 1.82 bits per heavy atom. The third-order valence-corrected chi connectivity index (χ3v) is 10.2. The van der Waals surface area contributed by atoms with Gasteiger partial charge in [0.25, 0.3) is 5.92 Å². The Bertz CT molecular complexity index is 1460. The highest BCUT2D eigenvalue weighted by molar-refractivity contribution is 7.92. The van der Waals surface area contributed by atoms with Crippen molar-refractivity contribution in [2.24, 2.45) is 5.92 Å². The lowest BCUT2D eigenvalue weighted by molar-refractivity contribution is -0.135. The van der Waals surface area contributed by atoms with E-state index in [1.807, 2.05) is 6.07 Å². The molecule has 0 spiro atoms. The summed E-state index contributed by atoms with van der Waals surface area (Å²) in [4.78, 5) is 27.6. The highest BCUT2D eigenvalue weighted by atomic mass is 35.5. The molecule has 2 aliphatic carbocycles. The van der Waals surface area contributed by atoms with E-state index in [9.17, 15) is 26.8 Å². The number of benzene rings is 1. The summed E-state index contributed by atoms with van der Waals surface area (Å²) in [7, 11) is -3.78. The van der Waals surface area contributed by atoms with Gasteiger partial charge in [0.2, 0.25) is 5.91 Å². The van der Waals surface area contributed by atoms with Gasteiger partial charge >= 0.3 is 6.09 Å². The number of carboxylic acid groups (broad SMARTS) is 1. The fourth-order valence-corrected chi connectivity index (χ4v) is 7.45. The van der Waals surface area contributed by atoms with E-state index in [4.69, 9.17) is 33.6 Å². The van der Waals surface area contributed by atoms with E-state index in [1.165, 1.54) is 6.07 Å². The summed E-state index contributed by atoms with van der Waals surface area (Å²) in [6.45, 7) is -0.585. The minimum Gasteiger partial charge on any atom is -0.465 e. The van der Waals surface area contributed by atoms with Crippen molar-refractivity contribution in [1.29, 1.82) is 5.26 Å². The number of amides is 2. The van der Waals surface area contributed by atoms with Gasteiger partial charge < -0.3 is 15.3 Å². The summed E-state index contributed by atoms with van der Waals surface area (Å²) < 4.78 is 53.2. The SMILES string of the molecule is N#CC1(NC(=O)O)CC1.O=C([C@@H]1CC[C@@H](S(=O)(=O)c2ccc(-c3ccnc(Cl)c3)cc2Cl)C1)N1CCC(F)(F)C1. The summed E-state index contributed by atoms with van der Waals surface area (Å²) in [6.07, 6.45) is 2.14. The van der Waals surface area contributed by atoms with Gasteiger partial charge in [-0.05, 0) is 67.5 Å². The fourth-order valence-electron chi connectivity index (χ4n) is 4.90. The van der Waals surface area contributed by atoms with Gasteiger partial charge in [-0.2, -0.15) is 5.26 Å². The number of likely N-dealkylation sites (tertiary alicyclic amines) is 1. The zero-order chi connectivity index (χ0) is 29.3. The first-order chi connectivity index (χ1) is 18.7. The number of hydrogen-bond acceptors (Lipinski definition) is 6. The maximum absolute atomic E-state index is 13.4. The smallest absolute Gasteiger partial charge is 0.405 e.